The lowest BCUT2D eigenvalue weighted by Gasteiger charge is -2.28. The Hall–Kier alpha value is -4.34. The topological polar surface area (TPSA) is 95.9 Å². The van der Waals surface area contributed by atoms with Gasteiger partial charge in [-0.25, -0.2) is 4.79 Å². The number of benzene rings is 3. The van der Waals surface area contributed by atoms with Gasteiger partial charge >= 0.3 is 18.2 Å². The molecule has 3 aromatic carbocycles. The smallest absolute Gasteiger partial charge is 0.407 e. The van der Waals surface area contributed by atoms with Crippen molar-refractivity contribution in [1.82, 2.24) is 10.2 Å². The highest BCUT2D eigenvalue weighted by molar-refractivity contribution is 5.81. The second kappa shape index (κ2) is 12.0. The number of amides is 2. The lowest BCUT2D eigenvalue weighted by atomic mass is 9.98. The number of rotatable bonds is 10. The van der Waals surface area contributed by atoms with Crippen molar-refractivity contribution in [2.24, 2.45) is 5.92 Å². The minimum absolute atomic E-state index is 0.0940. The molecular formula is C29H27F3N2O5. The van der Waals surface area contributed by atoms with E-state index in [0.29, 0.717) is 5.56 Å². The fraction of sp³-hybridized carbons (Fsp3) is 0.276. The van der Waals surface area contributed by atoms with Gasteiger partial charge in [-0.1, -0.05) is 78.9 Å². The monoisotopic (exact) mass is 540 g/mol. The summed E-state index contributed by atoms with van der Waals surface area (Å²) in [7, 11) is 0. The van der Waals surface area contributed by atoms with Gasteiger partial charge in [-0.3, -0.25) is 9.59 Å². The van der Waals surface area contributed by atoms with E-state index in [9.17, 15) is 27.6 Å². The van der Waals surface area contributed by atoms with Crippen LogP contribution in [0.3, 0.4) is 0 Å². The minimum atomic E-state index is -4.98. The largest absolute Gasteiger partial charge is 0.481 e. The summed E-state index contributed by atoms with van der Waals surface area (Å²) in [6.07, 6.45) is -6.59. The fourth-order valence-corrected chi connectivity index (χ4v) is 4.70. The molecule has 0 heterocycles. The zero-order valence-electron chi connectivity index (χ0n) is 20.9. The minimum Gasteiger partial charge on any atom is -0.481 e. The summed E-state index contributed by atoms with van der Waals surface area (Å²) >= 11 is 0. The van der Waals surface area contributed by atoms with Crippen molar-refractivity contribution >= 4 is 18.0 Å². The Balaban J connectivity index is 1.42. The Morgan fingerprint density at radius 2 is 1.46 bits per heavy atom. The number of alkyl halides is 3. The van der Waals surface area contributed by atoms with E-state index in [0.717, 1.165) is 27.2 Å². The number of hydrogen-bond acceptors (Lipinski definition) is 4. The number of nitrogens with one attached hydrogen (secondary N) is 1. The van der Waals surface area contributed by atoms with Gasteiger partial charge in [-0.2, -0.15) is 13.2 Å². The van der Waals surface area contributed by atoms with Crippen LogP contribution in [0.4, 0.5) is 18.0 Å². The summed E-state index contributed by atoms with van der Waals surface area (Å²) in [5, 5.41) is 11.1. The Kier molecular flexibility index (Phi) is 8.53. The molecule has 0 aliphatic heterocycles. The summed E-state index contributed by atoms with van der Waals surface area (Å²) in [5.41, 5.74) is 4.45. The first-order valence-corrected chi connectivity index (χ1v) is 12.3. The fourth-order valence-electron chi connectivity index (χ4n) is 4.70. The van der Waals surface area contributed by atoms with Gasteiger partial charge in [0.25, 0.3) is 0 Å². The van der Waals surface area contributed by atoms with E-state index < -0.39 is 49.6 Å². The van der Waals surface area contributed by atoms with Crippen LogP contribution in [-0.2, 0) is 20.9 Å². The molecule has 1 atom stereocenters. The molecule has 0 aromatic heterocycles. The summed E-state index contributed by atoms with van der Waals surface area (Å²) < 4.78 is 47.1. The van der Waals surface area contributed by atoms with Crippen LogP contribution < -0.4 is 5.32 Å². The van der Waals surface area contributed by atoms with Crippen molar-refractivity contribution in [2.75, 3.05) is 19.7 Å². The van der Waals surface area contributed by atoms with Crippen LogP contribution in [0.25, 0.3) is 11.1 Å². The van der Waals surface area contributed by atoms with Gasteiger partial charge in [-0.05, 0) is 27.8 Å². The van der Waals surface area contributed by atoms with Gasteiger partial charge < -0.3 is 20.1 Å². The van der Waals surface area contributed by atoms with E-state index in [1.807, 2.05) is 48.5 Å². The molecule has 2 amide bonds. The van der Waals surface area contributed by atoms with Crippen molar-refractivity contribution < 1.29 is 37.4 Å². The molecule has 204 valence electrons. The van der Waals surface area contributed by atoms with Crippen LogP contribution in [0.5, 0.6) is 0 Å². The molecule has 0 radical (unpaired) electrons. The third-order valence-electron chi connectivity index (χ3n) is 6.61. The number of ether oxygens (including phenoxy) is 1. The normalized spacial score (nSPS) is 13.2. The second-order valence-electron chi connectivity index (χ2n) is 9.19. The molecular weight excluding hydrogens is 513 g/mol. The first-order chi connectivity index (χ1) is 18.6. The van der Waals surface area contributed by atoms with Gasteiger partial charge in [0.15, 0.2) is 5.92 Å². The van der Waals surface area contributed by atoms with Crippen molar-refractivity contribution in [3.05, 3.63) is 95.6 Å². The summed E-state index contributed by atoms with van der Waals surface area (Å²) in [6, 6.07) is 23.6. The molecule has 0 saturated heterocycles. The average Bonchev–Trinajstić information content (AvgIpc) is 3.23. The van der Waals surface area contributed by atoms with E-state index in [1.54, 1.807) is 30.3 Å². The standard InChI is InChI=1S/C29H27F3N2O5/c30-29(31,32)25(27(37)34(15-14-26(35)36)17-19-8-2-1-3-9-19)16-33-28(38)39-18-24-22-12-6-4-10-20(22)21-11-5-7-13-23(21)24/h1-13,24-25H,14-18H2,(H,33,38)(H,35,36). The maximum absolute atomic E-state index is 13.9. The lowest BCUT2D eigenvalue weighted by Crippen LogP contribution is -2.48. The maximum atomic E-state index is 13.9. The van der Waals surface area contributed by atoms with Crippen LogP contribution in [0.1, 0.15) is 29.0 Å². The van der Waals surface area contributed by atoms with E-state index in [2.05, 4.69) is 5.32 Å². The van der Waals surface area contributed by atoms with E-state index in [1.165, 1.54) is 0 Å². The van der Waals surface area contributed by atoms with Crippen molar-refractivity contribution in [1.29, 1.82) is 0 Å². The Labute approximate surface area is 223 Å². The number of carboxylic acid groups (broad SMARTS) is 1. The van der Waals surface area contributed by atoms with Crippen LogP contribution in [0.2, 0.25) is 0 Å². The van der Waals surface area contributed by atoms with Gasteiger partial charge in [0.1, 0.15) is 6.61 Å². The Morgan fingerprint density at radius 1 is 0.897 bits per heavy atom. The number of carbonyl (C=O) groups is 3. The summed E-state index contributed by atoms with van der Waals surface area (Å²) in [4.78, 5) is 37.3. The number of alkyl carbamates (subject to hydrolysis) is 1. The quantitative estimate of drug-likeness (QED) is 0.368. The predicted molar refractivity (Wildman–Crippen MR) is 137 cm³/mol. The van der Waals surface area contributed by atoms with Gasteiger partial charge in [0, 0.05) is 25.6 Å². The SMILES string of the molecule is O=C(O)CCN(Cc1ccccc1)C(=O)C(CNC(=O)OCC1c2ccccc2-c2ccccc21)C(F)(F)F. The van der Waals surface area contributed by atoms with Crippen LogP contribution in [-0.4, -0.2) is 53.8 Å². The van der Waals surface area contributed by atoms with Crippen molar-refractivity contribution in [3.63, 3.8) is 0 Å². The number of carboxylic acids is 1. The maximum Gasteiger partial charge on any atom is 0.407 e. The first kappa shape index (κ1) is 27.7. The molecule has 3 aromatic rings. The molecule has 1 unspecified atom stereocenters. The van der Waals surface area contributed by atoms with E-state index in [-0.39, 0.29) is 19.1 Å². The number of nitrogens with zero attached hydrogens (tertiary/aromatic N) is 1. The van der Waals surface area contributed by atoms with E-state index in [4.69, 9.17) is 9.84 Å². The Morgan fingerprint density at radius 3 is 2.03 bits per heavy atom. The lowest BCUT2D eigenvalue weighted by molar-refractivity contribution is -0.188. The van der Waals surface area contributed by atoms with Crippen LogP contribution >= 0.6 is 0 Å². The predicted octanol–water partition coefficient (Wildman–Crippen LogP) is 5.21. The molecule has 0 saturated carbocycles. The number of fused-ring (bicyclic) bond motifs is 3. The third kappa shape index (κ3) is 6.76. The molecule has 10 heteroatoms. The number of carbonyl (C=O) groups excluding carboxylic acids is 2. The number of hydrogen-bond donors (Lipinski definition) is 2. The van der Waals surface area contributed by atoms with Gasteiger partial charge in [0.2, 0.25) is 5.91 Å². The van der Waals surface area contributed by atoms with Crippen molar-refractivity contribution in [2.45, 2.75) is 25.1 Å². The average molecular weight is 541 g/mol. The molecule has 0 fully saturated rings. The van der Waals surface area contributed by atoms with Gasteiger partial charge in [-0.15, -0.1) is 0 Å². The number of halogens is 3. The zero-order chi connectivity index (χ0) is 28.0. The molecule has 0 spiro atoms. The highest BCUT2D eigenvalue weighted by Gasteiger charge is 2.46. The van der Waals surface area contributed by atoms with Crippen LogP contribution in [0, 0.1) is 5.92 Å². The molecule has 39 heavy (non-hydrogen) atoms. The van der Waals surface area contributed by atoms with Crippen LogP contribution in [0.15, 0.2) is 78.9 Å². The van der Waals surface area contributed by atoms with Crippen molar-refractivity contribution in [3.8, 4) is 11.1 Å². The summed E-state index contributed by atoms with van der Waals surface area (Å²) in [5.74, 6) is -5.43. The molecule has 7 nitrogen and oxygen atoms in total. The number of aliphatic carboxylic acids is 1. The molecule has 4 rings (SSSR count). The first-order valence-electron chi connectivity index (χ1n) is 12.3. The molecule has 1 aliphatic carbocycles. The second-order valence-corrected chi connectivity index (χ2v) is 9.19. The van der Waals surface area contributed by atoms with E-state index >= 15 is 0 Å². The van der Waals surface area contributed by atoms with Gasteiger partial charge in [0.05, 0.1) is 6.42 Å². The zero-order valence-corrected chi connectivity index (χ0v) is 20.9. The Bertz CT molecular complexity index is 1280. The molecule has 1 aliphatic rings. The third-order valence-corrected chi connectivity index (χ3v) is 6.61. The summed E-state index contributed by atoms with van der Waals surface area (Å²) in [6.45, 7) is -1.76. The highest BCUT2D eigenvalue weighted by atomic mass is 19.4. The highest BCUT2D eigenvalue weighted by Crippen LogP contribution is 2.44. The molecule has 0 bridgehead atoms. The molecule has 2 N–H and O–H groups in total.